The van der Waals surface area contributed by atoms with Gasteiger partial charge in [0.25, 0.3) is 0 Å². The molecule has 0 spiro atoms. The number of aromatic nitrogens is 1. The van der Waals surface area contributed by atoms with Crippen LogP contribution in [0.15, 0.2) is 60.9 Å². The van der Waals surface area contributed by atoms with Crippen LogP contribution >= 0.6 is 12.8 Å². The van der Waals surface area contributed by atoms with Crippen molar-refractivity contribution in [3.63, 3.8) is 0 Å². The monoisotopic (exact) mass is 300 g/mol. The quantitative estimate of drug-likeness (QED) is 0.620. The Morgan fingerprint density at radius 1 is 1.19 bits per heavy atom. The molecular weight excluding hydrogens is 280 g/mol. The van der Waals surface area contributed by atoms with Crippen molar-refractivity contribution in [1.82, 2.24) is 9.29 Å². The third-order valence-electron chi connectivity index (χ3n) is 3.14. The maximum atomic E-state index is 5.76. The molecule has 2 rings (SSSR count). The van der Waals surface area contributed by atoms with Crippen LogP contribution < -0.4 is 4.74 Å². The molecule has 0 amide bonds. The number of hydrogen-bond acceptors (Lipinski definition) is 4. The number of rotatable bonds is 6. The van der Waals surface area contributed by atoms with Crippen LogP contribution in [0.4, 0.5) is 0 Å². The van der Waals surface area contributed by atoms with Gasteiger partial charge in [0.15, 0.2) is 0 Å². The van der Waals surface area contributed by atoms with Gasteiger partial charge in [-0.25, -0.2) is 4.31 Å². The molecule has 21 heavy (non-hydrogen) atoms. The average Bonchev–Trinajstić information content (AvgIpc) is 2.46. The van der Waals surface area contributed by atoms with Crippen molar-refractivity contribution in [2.75, 3.05) is 7.05 Å². The first-order valence-corrected chi connectivity index (χ1v) is 7.20. The fraction of sp³-hybridized carbons (Fsp3) is 0.235. The number of benzene rings is 1. The van der Waals surface area contributed by atoms with E-state index in [0.29, 0.717) is 0 Å². The summed E-state index contributed by atoms with van der Waals surface area (Å²) in [6.45, 7) is 6.02. The first-order valence-electron chi connectivity index (χ1n) is 6.80. The second kappa shape index (κ2) is 7.29. The molecule has 0 fully saturated rings. The Kier molecular flexibility index (Phi) is 5.42. The Balaban J connectivity index is 2.12. The van der Waals surface area contributed by atoms with E-state index in [9.17, 15) is 0 Å². The van der Waals surface area contributed by atoms with Crippen molar-refractivity contribution in [3.05, 3.63) is 66.5 Å². The molecule has 1 aromatic heterocycles. The Bertz CT molecular complexity index is 581. The van der Waals surface area contributed by atoms with Crippen LogP contribution in [0, 0.1) is 0 Å². The lowest BCUT2D eigenvalue weighted by molar-refractivity contribution is 0.421. The second-order valence-electron chi connectivity index (χ2n) is 5.10. The SMILES string of the molecule is C=C(C)CC(c1ccc(Oc2ccncc2)cc1)N(C)S. The minimum absolute atomic E-state index is 0.209. The Labute approximate surface area is 131 Å². The van der Waals surface area contributed by atoms with Gasteiger partial charge in [0, 0.05) is 18.4 Å². The summed E-state index contributed by atoms with van der Waals surface area (Å²) in [5.74, 6) is 1.59. The predicted octanol–water partition coefficient (Wildman–Crippen LogP) is 4.66. The van der Waals surface area contributed by atoms with Gasteiger partial charge >= 0.3 is 0 Å². The van der Waals surface area contributed by atoms with E-state index in [-0.39, 0.29) is 6.04 Å². The molecule has 0 bridgehead atoms. The van der Waals surface area contributed by atoms with Crippen LogP contribution in [0.25, 0.3) is 0 Å². The summed E-state index contributed by atoms with van der Waals surface area (Å²) in [5, 5.41) is 0. The van der Waals surface area contributed by atoms with Crippen molar-refractivity contribution in [2.45, 2.75) is 19.4 Å². The van der Waals surface area contributed by atoms with Crippen molar-refractivity contribution in [3.8, 4) is 11.5 Å². The second-order valence-corrected chi connectivity index (χ2v) is 5.74. The largest absolute Gasteiger partial charge is 0.457 e. The van der Waals surface area contributed by atoms with Gasteiger partial charge in [-0.2, -0.15) is 0 Å². The number of hydrogen-bond donors (Lipinski definition) is 1. The van der Waals surface area contributed by atoms with E-state index in [4.69, 9.17) is 4.74 Å². The van der Waals surface area contributed by atoms with E-state index >= 15 is 0 Å². The average molecular weight is 300 g/mol. The zero-order valence-electron chi connectivity index (χ0n) is 12.4. The summed E-state index contributed by atoms with van der Waals surface area (Å²) in [7, 11) is 1.96. The summed E-state index contributed by atoms with van der Waals surface area (Å²) in [6, 6.07) is 11.9. The lowest BCUT2D eigenvalue weighted by Gasteiger charge is -2.24. The molecule has 1 unspecified atom stereocenters. The Morgan fingerprint density at radius 2 is 1.76 bits per heavy atom. The molecule has 0 saturated heterocycles. The zero-order chi connectivity index (χ0) is 15.2. The molecule has 0 aliphatic heterocycles. The van der Waals surface area contributed by atoms with Crippen molar-refractivity contribution in [1.29, 1.82) is 0 Å². The Morgan fingerprint density at radius 3 is 2.29 bits per heavy atom. The molecule has 3 nitrogen and oxygen atoms in total. The summed E-state index contributed by atoms with van der Waals surface area (Å²) in [6.07, 6.45) is 4.30. The van der Waals surface area contributed by atoms with Crippen molar-refractivity contribution in [2.24, 2.45) is 0 Å². The van der Waals surface area contributed by atoms with E-state index in [1.54, 1.807) is 12.4 Å². The minimum Gasteiger partial charge on any atom is -0.457 e. The topological polar surface area (TPSA) is 25.4 Å². The van der Waals surface area contributed by atoms with Crippen LogP contribution in [0.2, 0.25) is 0 Å². The standard InChI is InChI=1S/C17H20N2OS/c1-13(2)12-17(19(3)21)14-4-6-15(7-5-14)20-16-8-10-18-11-9-16/h4-11,17,21H,1,12H2,2-3H3. The van der Waals surface area contributed by atoms with Crippen LogP contribution in [-0.4, -0.2) is 16.3 Å². The first kappa shape index (κ1) is 15.6. The van der Waals surface area contributed by atoms with Crippen LogP contribution in [-0.2, 0) is 0 Å². The molecule has 1 atom stereocenters. The normalized spacial score (nSPS) is 12.2. The first-order chi connectivity index (χ1) is 10.1. The van der Waals surface area contributed by atoms with Gasteiger partial charge in [0.05, 0.1) is 0 Å². The highest BCUT2D eigenvalue weighted by atomic mass is 32.1. The van der Waals surface area contributed by atoms with Gasteiger partial charge in [-0.15, -0.1) is 6.58 Å². The maximum absolute atomic E-state index is 5.76. The van der Waals surface area contributed by atoms with Gasteiger partial charge in [-0.05, 0) is 50.2 Å². The van der Waals surface area contributed by atoms with E-state index in [0.717, 1.165) is 23.5 Å². The van der Waals surface area contributed by atoms with Gasteiger partial charge in [0.1, 0.15) is 11.5 Å². The molecule has 0 radical (unpaired) electrons. The molecule has 1 heterocycles. The lowest BCUT2D eigenvalue weighted by atomic mass is 10.0. The summed E-state index contributed by atoms with van der Waals surface area (Å²) in [4.78, 5) is 3.97. The van der Waals surface area contributed by atoms with E-state index in [1.165, 1.54) is 5.56 Å². The molecule has 4 heteroatoms. The smallest absolute Gasteiger partial charge is 0.130 e. The minimum atomic E-state index is 0.209. The van der Waals surface area contributed by atoms with Crippen LogP contribution in [0.1, 0.15) is 24.9 Å². The zero-order valence-corrected chi connectivity index (χ0v) is 13.3. The van der Waals surface area contributed by atoms with Gasteiger partial charge in [-0.1, -0.05) is 30.5 Å². The highest BCUT2D eigenvalue weighted by molar-refractivity contribution is 7.77. The molecule has 0 aliphatic rings. The number of nitrogens with zero attached hydrogens (tertiary/aromatic N) is 2. The third kappa shape index (κ3) is 4.62. The molecule has 2 aromatic rings. The van der Waals surface area contributed by atoms with Crippen LogP contribution in [0.3, 0.4) is 0 Å². The van der Waals surface area contributed by atoms with Crippen LogP contribution in [0.5, 0.6) is 11.5 Å². The third-order valence-corrected chi connectivity index (χ3v) is 3.42. The van der Waals surface area contributed by atoms with Crippen molar-refractivity contribution < 1.29 is 4.74 Å². The molecule has 0 aliphatic carbocycles. The molecular formula is C17H20N2OS. The maximum Gasteiger partial charge on any atom is 0.130 e. The van der Waals surface area contributed by atoms with Gasteiger partial charge in [-0.3, -0.25) is 4.98 Å². The lowest BCUT2D eigenvalue weighted by Crippen LogP contribution is -2.15. The number of thiol groups is 1. The predicted molar refractivity (Wildman–Crippen MR) is 89.7 cm³/mol. The van der Waals surface area contributed by atoms with E-state index in [2.05, 4.69) is 36.5 Å². The van der Waals surface area contributed by atoms with E-state index in [1.807, 2.05) is 42.5 Å². The fourth-order valence-corrected chi connectivity index (χ4v) is 2.31. The Hall–Kier alpha value is -1.78. The fourth-order valence-electron chi connectivity index (χ4n) is 2.10. The van der Waals surface area contributed by atoms with E-state index < -0.39 is 0 Å². The molecule has 0 N–H and O–H groups in total. The molecule has 1 aromatic carbocycles. The summed E-state index contributed by atoms with van der Waals surface area (Å²) in [5.41, 5.74) is 2.33. The molecule has 110 valence electrons. The van der Waals surface area contributed by atoms with Gasteiger partial charge < -0.3 is 4.74 Å². The van der Waals surface area contributed by atoms with Gasteiger partial charge in [0.2, 0.25) is 0 Å². The number of pyridine rings is 1. The number of ether oxygens (including phenoxy) is 1. The highest BCUT2D eigenvalue weighted by Crippen LogP contribution is 2.29. The summed E-state index contributed by atoms with van der Waals surface area (Å²) >= 11 is 4.44. The summed E-state index contributed by atoms with van der Waals surface area (Å²) < 4.78 is 7.67. The van der Waals surface area contributed by atoms with Crippen molar-refractivity contribution >= 4 is 12.8 Å². The highest BCUT2D eigenvalue weighted by Gasteiger charge is 2.14. The molecule has 0 saturated carbocycles.